The number of hydrogen-bond acceptors (Lipinski definition) is 3. The molecule has 2 aliphatic heterocycles. The van der Waals surface area contributed by atoms with Gasteiger partial charge in [0.05, 0.1) is 0 Å². The summed E-state index contributed by atoms with van der Waals surface area (Å²) in [6.07, 6.45) is 2.54. The molecule has 0 bridgehead atoms. The first-order valence-electron chi connectivity index (χ1n) is 10.9. The molecule has 5 nitrogen and oxygen atoms in total. The van der Waals surface area contributed by atoms with Crippen molar-refractivity contribution in [1.29, 1.82) is 0 Å². The second kappa shape index (κ2) is 8.76. The summed E-state index contributed by atoms with van der Waals surface area (Å²) in [5.41, 5.74) is 4.80. The van der Waals surface area contributed by atoms with Gasteiger partial charge in [-0.1, -0.05) is 32.0 Å². The molecule has 154 valence electrons. The molecule has 0 atom stereocenters. The van der Waals surface area contributed by atoms with Gasteiger partial charge >= 0.3 is 6.03 Å². The number of amides is 2. The van der Waals surface area contributed by atoms with Crippen molar-refractivity contribution in [3.05, 3.63) is 54.1 Å². The van der Waals surface area contributed by atoms with Gasteiger partial charge in [-0.25, -0.2) is 4.79 Å². The number of carbonyl (C=O) groups excluding carboxylic acids is 1. The van der Waals surface area contributed by atoms with Crippen molar-refractivity contribution in [3.63, 3.8) is 0 Å². The summed E-state index contributed by atoms with van der Waals surface area (Å²) in [4.78, 5) is 19.4. The van der Waals surface area contributed by atoms with E-state index in [1.54, 1.807) is 0 Å². The van der Waals surface area contributed by atoms with Gasteiger partial charge in [0.1, 0.15) is 0 Å². The molecule has 2 aromatic rings. The minimum atomic E-state index is -0.00397. The van der Waals surface area contributed by atoms with E-state index in [0.29, 0.717) is 5.92 Å². The van der Waals surface area contributed by atoms with Crippen LogP contribution < -0.4 is 15.1 Å². The predicted octanol–water partition coefficient (Wildman–Crippen LogP) is 4.76. The third kappa shape index (κ3) is 4.50. The van der Waals surface area contributed by atoms with Crippen molar-refractivity contribution >= 4 is 23.1 Å². The summed E-state index contributed by atoms with van der Waals surface area (Å²) in [6.45, 7) is 9.95. The molecule has 5 heteroatoms. The largest absolute Gasteiger partial charge is 0.372 e. The van der Waals surface area contributed by atoms with Crippen molar-refractivity contribution < 1.29 is 4.79 Å². The number of anilines is 3. The van der Waals surface area contributed by atoms with Gasteiger partial charge in [-0.05, 0) is 54.7 Å². The van der Waals surface area contributed by atoms with Gasteiger partial charge in [-0.2, -0.15) is 0 Å². The maximum absolute atomic E-state index is 12.7. The molecular formula is C24H32N4O. The zero-order valence-electron chi connectivity index (χ0n) is 17.6. The topological polar surface area (TPSA) is 38.8 Å². The smallest absolute Gasteiger partial charge is 0.321 e. The highest BCUT2D eigenvalue weighted by Crippen LogP contribution is 2.28. The molecule has 0 radical (unpaired) electrons. The van der Waals surface area contributed by atoms with E-state index in [9.17, 15) is 4.79 Å². The standard InChI is InChI=1S/C24H32N4O/c1-19(2)22-7-3-4-8-23(22)27-15-17-28(18-16-27)24(29)25-20-9-11-21(12-10-20)26-13-5-6-14-26/h3-4,7-12,19H,5-6,13-18H2,1-2H3,(H,25,29). The summed E-state index contributed by atoms with van der Waals surface area (Å²) in [5, 5.41) is 3.06. The summed E-state index contributed by atoms with van der Waals surface area (Å²) >= 11 is 0. The molecular weight excluding hydrogens is 360 g/mol. The van der Waals surface area contributed by atoms with Crippen LogP contribution in [-0.4, -0.2) is 50.2 Å². The molecule has 0 aliphatic carbocycles. The maximum atomic E-state index is 12.7. The van der Waals surface area contributed by atoms with E-state index in [1.807, 2.05) is 17.0 Å². The molecule has 4 rings (SSSR count). The van der Waals surface area contributed by atoms with Crippen molar-refractivity contribution in [2.45, 2.75) is 32.6 Å². The molecule has 29 heavy (non-hydrogen) atoms. The first-order valence-corrected chi connectivity index (χ1v) is 10.9. The van der Waals surface area contributed by atoms with Crippen LogP contribution in [0, 0.1) is 0 Å². The second-order valence-electron chi connectivity index (χ2n) is 8.36. The van der Waals surface area contributed by atoms with Gasteiger partial charge in [-0.3, -0.25) is 0 Å². The molecule has 0 saturated carbocycles. The van der Waals surface area contributed by atoms with Crippen molar-refractivity contribution in [1.82, 2.24) is 4.90 Å². The zero-order chi connectivity index (χ0) is 20.2. The van der Waals surface area contributed by atoms with Gasteiger partial charge < -0.3 is 20.0 Å². The molecule has 2 aromatic carbocycles. The van der Waals surface area contributed by atoms with Crippen LogP contribution in [0.2, 0.25) is 0 Å². The summed E-state index contributed by atoms with van der Waals surface area (Å²) in [6, 6.07) is 16.9. The number of piperazine rings is 1. The number of carbonyl (C=O) groups is 1. The molecule has 0 unspecified atom stereocenters. The molecule has 2 heterocycles. The van der Waals surface area contributed by atoms with Crippen molar-refractivity contribution in [2.75, 3.05) is 54.4 Å². The number of benzene rings is 2. The van der Waals surface area contributed by atoms with E-state index in [2.05, 4.69) is 65.4 Å². The summed E-state index contributed by atoms with van der Waals surface area (Å²) in [5.74, 6) is 0.496. The molecule has 2 fully saturated rings. The number of para-hydroxylation sites is 1. The van der Waals surface area contributed by atoms with Crippen LogP contribution in [0.1, 0.15) is 38.2 Å². The quantitative estimate of drug-likeness (QED) is 0.815. The first-order chi connectivity index (χ1) is 14.1. The van der Waals surface area contributed by atoms with Crippen molar-refractivity contribution in [2.24, 2.45) is 0 Å². The third-order valence-corrected chi connectivity index (χ3v) is 6.06. The second-order valence-corrected chi connectivity index (χ2v) is 8.36. The highest BCUT2D eigenvalue weighted by atomic mass is 16.2. The Morgan fingerprint density at radius 3 is 2.14 bits per heavy atom. The van der Waals surface area contributed by atoms with Crippen LogP contribution in [0.5, 0.6) is 0 Å². The number of urea groups is 1. The Labute approximate surface area is 174 Å². The average molecular weight is 393 g/mol. The highest BCUT2D eigenvalue weighted by molar-refractivity contribution is 5.89. The first kappa shape index (κ1) is 19.6. The lowest BCUT2D eigenvalue weighted by Gasteiger charge is -2.37. The Hall–Kier alpha value is -2.69. The lowest BCUT2D eigenvalue weighted by Crippen LogP contribution is -2.50. The summed E-state index contributed by atoms with van der Waals surface area (Å²) < 4.78 is 0. The van der Waals surface area contributed by atoms with Crippen LogP contribution in [0.25, 0.3) is 0 Å². The normalized spacial score (nSPS) is 17.1. The minimum Gasteiger partial charge on any atom is -0.372 e. The fourth-order valence-corrected chi connectivity index (χ4v) is 4.35. The van der Waals surface area contributed by atoms with Crippen LogP contribution in [0.4, 0.5) is 21.9 Å². The fraction of sp³-hybridized carbons (Fsp3) is 0.458. The van der Waals surface area contributed by atoms with Crippen molar-refractivity contribution in [3.8, 4) is 0 Å². The third-order valence-electron chi connectivity index (χ3n) is 6.06. The average Bonchev–Trinajstić information content (AvgIpc) is 3.29. The Morgan fingerprint density at radius 1 is 0.828 bits per heavy atom. The Kier molecular flexibility index (Phi) is 5.93. The molecule has 0 spiro atoms. The van der Waals surface area contributed by atoms with Crippen LogP contribution >= 0.6 is 0 Å². The Morgan fingerprint density at radius 2 is 1.48 bits per heavy atom. The molecule has 0 aromatic heterocycles. The lowest BCUT2D eigenvalue weighted by atomic mass is 10.00. The van der Waals surface area contributed by atoms with Gasteiger partial charge in [0.15, 0.2) is 0 Å². The monoisotopic (exact) mass is 392 g/mol. The minimum absolute atomic E-state index is 0.00397. The molecule has 1 N–H and O–H groups in total. The van der Waals surface area contributed by atoms with E-state index in [1.165, 1.54) is 29.8 Å². The Balaban J connectivity index is 1.32. The van der Waals surface area contributed by atoms with Crippen LogP contribution in [0.15, 0.2) is 48.5 Å². The number of rotatable bonds is 4. The number of nitrogens with zero attached hydrogens (tertiary/aromatic N) is 3. The highest BCUT2D eigenvalue weighted by Gasteiger charge is 2.23. The number of hydrogen-bond donors (Lipinski definition) is 1. The van der Waals surface area contributed by atoms with E-state index in [4.69, 9.17) is 0 Å². The van der Waals surface area contributed by atoms with Crippen LogP contribution in [0.3, 0.4) is 0 Å². The van der Waals surface area contributed by atoms with E-state index >= 15 is 0 Å². The zero-order valence-corrected chi connectivity index (χ0v) is 17.6. The fourth-order valence-electron chi connectivity index (χ4n) is 4.35. The van der Waals surface area contributed by atoms with E-state index < -0.39 is 0 Å². The van der Waals surface area contributed by atoms with Crippen LogP contribution in [-0.2, 0) is 0 Å². The van der Waals surface area contributed by atoms with Gasteiger partial charge in [0, 0.05) is 56.3 Å². The molecule has 2 saturated heterocycles. The van der Waals surface area contributed by atoms with Gasteiger partial charge in [0.2, 0.25) is 0 Å². The van der Waals surface area contributed by atoms with Gasteiger partial charge in [0.25, 0.3) is 0 Å². The molecule has 2 amide bonds. The molecule has 2 aliphatic rings. The Bertz CT molecular complexity index is 819. The summed E-state index contributed by atoms with van der Waals surface area (Å²) in [7, 11) is 0. The SMILES string of the molecule is CC(C)c1ccccc1N1CCN(C(=O)Nc2ccc(N3CCCC3)cc2)CC1. The van der Waals surface area contributed by atoms with Gasteiger partial charge in [-0.15, -0.1) is 0 Å². The van der Waals surface area contributed by atoms with E-state index in [0.717, 1.165) is 45.0 Å². The lowest BCUT2D eigenvalue weighted by molar-refractivity contribution is 0.208. The van der Waals surface area contributed by atoms with E-state index in [-0.39, 0.29) is 6.03 Å². The maximum Gasteiger partial charge on any atom is 0.321 e. The number of nitrogens with one attached hydrogen (secondary N) is 1. The predicted molar refractivity (Wildman–Crippen MR) is 121 cm³/mol.